The first-order valence-electron chi connectivity index (χ1n) is 8.31. The van der Waals surface area contributed by atoms with Gasteiger partial charge in [0.2, 0.25) is 11.5 Å². The minimum absolute atomic E-state index is 0.0765. The smallest absolute Gasteiger partial charge is 0.255 e. The van der Waals surface area contributed by atoms with Crippen molar-refractivity contribution in [3.63, 3.8) is 0 Å². The van der Waals surface area contributed by atoms with Crippen LogP contribution in [0.3, 0.4) is 0 Å². The van der Waals surface area contributed by atoms with Crippen molar-refractivity contribution in [2.45, 2.75) is 38.1 Å². The summed E-state index contributed by atoms with van der Waals surface area (Å²) < 4.78 is 1.40. The Morgan fingerprint density at radius 3 is 2.61 bits per heavy atom. The van der Waals surface area contributed by atoms with Crippen LogP contribution in [0.2, 0.25) is 0 Å². The lowest BCUT2D eigenvalue weighted by atomic mass is 10.1. The predicted molar refractivity (Wildman–Crippen MR) is 86.1 cm³/mol. The Morgan fingerprint density at radius 2 is 1.91 bits per heavy atom. The van der Waals surface area contributed by atoms with E-state index < -0.39 is 0 Å². The van der Waals surface area contributed by atoms with E-state index in [0.717, 1.165) is 12.8 Å². The van der Waals surface area contributed by atoms with Crippen molar-refractivity contribution in [3.05, 3.63) is 34.2 Å². The van der Waals surface area contributed by atoms with Crippen LogP contribution >= 0.6 is 0 Å². The van der Waals surface area contributed by atoms with Crippen LogP contribution in [-0.2, 0) is 11.8 Å². The van der Waals surface area contributed by atoms with Gasteiger partial charge in [-0.2, -0.15) is 0 Å². The summed E-state index contributed by atoms with van der Waals surface area (Å²) in [6.45, 7) is 1.05. The van der Waals surface area contributed by atoms with Gasteiger partial charge in [-0.15, -0.1) is 0 Å². The van der Waals surface area contributed by atoms with Crippen molar-refractivity contribution in [1.82, 2.24) is 14.8 Å². The minimum Gasteiger partial charge on any atom is -0.353 e. The van der Waals surface area contributed by atoms with Crippen molar-refractivity contribution in [2.75, 3.05) is 13.1 Å². The van der Waals surface area contributed by atoms with Gasteiger partial charge in [-0.25, -0.2) is 0 Å². The zero-order valence-corrected chi connectivity index (χ0v) is 13.5. The molecule has 1 saturated carbocycles. The Bertz CT molecular complexity index is 661. The van der Waals surface area contributed by atoms with E-state index in [2.05, 4.69) is 5.32 Å². The van der Waals surface area contributed by atoms with E-state index in [1.807, 2.05) is 0 Å². The van der Waals surface area contributed by atoms with E-state index in [9.17, 15) is 14.4 Å². The lowest BCUT2D eigenvalue weighted by molar-refractivity contribution is -0.125. The van der Waals surface area contributed by atoms with Crippen molar-refractivity contribution in [3.8, 4) is 0 Å². The highest BCUT2D eigenvalue weighted by molar-refractivity contribution is 5.94. The molecule has 1 aliphatic carbocycles. The summed E-state index contributed by atoms with van der Waals surface area (Å²) in [5.41, 5.74) is 0.348. The zero-order chi connectivity index (χ0) is 16.4. The molecule has 1 saturated heterocycles. The maximum absolute atomic E-state index is 12.5. The van der Waals surface area contributed by atoms with Gasteiger partial charge in [-0.1, -0.05) is 12.8 Å². The van der Waals surface area contributed by atoms with Gasteiger partial charge in [0.05, 0.1) is 11.5 Å². The van der Waals surface area contributed by atoms with Gasteiger partial charge in [0.25, 0.3) is 5.91 Å². The number of carbonyl (C=O) groups excluding carboxylic acids is 2. The van der Waals surface area contributed by atoms with Crippen LogP contribution in [0.25, 0.3) is 0 Å². The molecule has 0 spiro atoms. The molecule has 2 amide bonds. The van der Waals surface area contributed by atoms with Gasteiger partial charge in [0.1, 0.15) is 0 Å². The number of carbonyl (C=O) groups is 2. The second kappa shape index (κ2) is 6.56. The number of aromatic nitrogens is 1. The Kier molecular flexibility index (Phi) is 4.50. The summed E-state index contributed by atoms with van der Waals surface area (Å²) in [6.07, 6.45) is 6.77. The molecule has 6 nitrogen and oxygen atoms in total. The Labute approximate surface area is 135 Å². The van der Waals surface area contributed by atoms with E-state index >= 15 is 0 Å². The molecule has 0 bridgehead atoms. The SMILES string of the molecule is Cn1cc(C(=O)N2CC[C@@H](C(=O)NC3CCCC3)C2)ccc1=O. The molecule has 124 valence electrons. The molecule has 2 fully saturated rings. The average Bonchev–Trinajstić information content (AvgIpc) is 3.20. The number of nitrogens with one attached hydrogen (secondary N) is 1. The van der Waals surface area contributed by atoms with E-state index in [-0.39, 0.29) is 23.3 Å². The van der Waals surface area contributed by atoms with E-state index in [0.29, 0.717) is 31.1 Å². The molecular formula is C17H23N3O3. The molecule has 1 aromatic heterocycles. The largest absolute Gasteiger partial charge is 0.353 e. The summed E-state index contributed by atoms with van der Waals surface area (Å²) >= 11 is 0. The maximum Gasteiger partial charge on any atom is 0.255 e. The van der Waals surface area contributed by atoms with Crippen molar-refractivity contribution in [1.29, 1.82) is 0 Å². The molecule has 2 aliphatic rings. The molecule has 1 aliphatic heterocycles. The van der Waals surface area contributed by atoms with Crippen molar-refractivity contribution < 1.29 is 9.59 Å². The standard InChI is InChI=1S/C17H23N3O3/c1-19-10-13(6-7-15(19)21)17(23)20-9-8-12(11-20)16(22)18-14-4-2-3-5-14/h6-7,10,12,14H,2-5,8-9,11H2,1H3,(H,18,22)/t12-/m1/s1. The van der Waals surface area contributed by atoms with Gasteiger partial charge in [0.15, 0.2) is 0 Å². The highest BCUT2D eigenvalue weighted by Gasteiger charge is 2.32. The number of nitrogens with zero attached hydrogens (tertiary/aromatic N) is 2. The molecule has 0 unspecified atom stereocenters. The van der Waals surface area contributed by atoms with Crippen molar-refractivity contribution in [2.24, 2.45) is 13.0 Å². The Morgan fingerprint density at radius 1 is 1.17 bits per heavy atom. The fraction of sp³-hybridized carbons (Fsp3) is 0.588. The summed E-state index contributed by atoms with van der Waals surface area (Å²) in [4.78, 5) is 37.9. The molecule has 6 heteroatoms. The van der Waals surface area contributed by atoms with E-state index in [4.69, 9.17) is 0 Å². The van der Waals surface area contributed by atoms with Crippen LogP contribution in [0.15, 0.2) is 23.1 Å². The summed E-state index contributed by atoms with van der Waals surface area (Å²) in [5, 5.41) is 3.11. The monoisotopic (exact) mass is 317 g/mol. The topological polar surface area (TPSA) is 71.4 Å². The van der Waals surface area contributed by atoms with Gasteiger partial charge in [0, 0.05) is 38.4 Å². The third-order valence-electron chi connectivity index (χ3n) is 4.88. The number of aryl methyl sites for hydroxylation is 1. The number of hydrogen-bond acceptors (Lipinski definition) is 3. The first-order chi connectivity index (χ1) is 11.0. The lowest BCUT2D eigenvalue weighted by Crippen LogP contribution is -2.39. The Hall–Kier alpha value is -2.11. The van der Waals surface area contributed by atoms with Crippen LogP contribution in [-0.4, -0.2) is 40.4 Å². The summed E-state index contributed by atoms with van der Waals surface area (Å²) in [6, 6.07) is 3.26. The third kappa shape index (κ3) is 3.46. The number of hydrogen-bond donors (Lipinski definition) is 1. The minimum atomic E-state index is -0.142. The van der Waals surface area contributed by atoms with Gasteiger partial charge >= 0.3 is 0 Å². The van der Waals surface area contributed by atoms with E-state index in [1.165, 1.54) is 23.5 Å². The van der Waals surface area contributed by atoms with Crippen LogP contribution in [0.1, 0.15) is 42.5 Å². The van der Waals surface area contributed by atoms with Crippen LogP contribution in [0.5, 0.6) is 0 Å². The second-order valence-electron chi connectivity index (χ2n) is 6.59. The fourth-order valence-electron chi connectivity index (χ4n) is 3.45. The molecule has 1 N–H and O–H groups in total. The molecule has 0 radical (unpaired) electrons. The average molecular weight is 317 g/mol. The molecule has 3 rings (SSSR count). The number of pyridine rings is 1. The Balaban J connectivity index is 1.60. The predicted octanol–water partition coefficient (Wildman–Crippen LogP) is 0.906. The normalized spacial score (nSPS) is 21.6. The summed E-state index contributed by atoms with van der Waals surface area (Å²) in [7, 11) is 1.63. The number of amides is 2. The molecule has 23 heavy (non-hydrogen) atoms. The highest BCUT2D eigenvalue weighted by Crippen LogP contribution is 2.22. The third-order valence-corrected chi connectivity index (χ3v) is 4.88. The number of likely N-dealkylation sites (tertiary alicyclic amines) is 1. The maximum atomic E-state index is 12.5. The van der Waals surface area contributed by atoms with Crippen molar-refractivity contribution >= 4 is 11.8 Å². The van der Waals surface area contributed by atoms with Gasteiger partial charge in [-0.3, -0.25) is 14.4 Å². The molecule has 2 heterocycles. The number of rotatable bonds is 3. The second-order valence-corrected chi connectivity index (χ2v) is 6.59. The van der Waals surface area contributed by atoms with Gasteiger partial charge < -0.3 is 14.8 Å². The highest BCUT2D eigenvalue weighted by atomic mass is 16.2. The molecule has 0 aromatic carbocycles. The quantitative estimate of drug-likeness (QED) is 0.900. The van der Waals surface area contributed by atoms with E-state index in [1.54, 1.807) is 24.2 Å². The first kappa shape index (κ1) is 15.8. The fourth-order valence-corrected chi connectivity index (χ4v) is 3.45. The molecule has 1 aromatic rings. The lowest BCUT2D eigenvalue weighted by Gasteiger charge is -2.18. The first-order valence-corrected chi connectivity index (χ1v) is 8.31. The molecule has 1 atom stereocenters. The van der Waals surface area contributed by atoms with Crippen LogP contribution in [0.4, 0.5) is 0 Å². The van der Waals surface area contributed by atoms with Gasteiger partial charge in [-0.05, 0) is 25.3 Å². The zero-order valence-electron chi connectivity index (χ0n) is 13.5. The van der Waals surface area contributed by atoms with Crippen LogP contribution < -0.4 is 10.9 Å². The molecular weight excluding hydrogens is 294 g/mol. The summed E-state index contributed by atoms with van der Waals surface area (Å²) in [5.74, 6) is -0.156. The van der Waals surface area contributed by atoms with Crippen LogP contribution in [0, 0.1) is 5.92 Å².